The minimum absolute atomic E-state index is 0.0737. The standard InChI is InChI=1S/C19H16BrF3N2O3/c1-28-14-5-3-13(4-6-14)25-10-11(8-17(25)26)18(27)24-16-7-2-12(20)9-15(16)19(21,22)23/h2-7,9,11H,8,10H2,1H3,(H,24,27)/t11-/m0/s1. The highest BCUT2D eigenvalue weighted by atomic mass is 79.9. The number of anilines is 2. The van der Waals surface area contributed by atoms with Crippen LogP contribution in [0, 0.1) is 5.92 Å². The number of amides is 2. The topological polar surface area (TPSA) is 58.6 Å². The Bertz CT molecular complexity index is 900. The Labute approximate surface area is 167 Å². The number of nitrogens with zero attached hydrogens (tertiary/aromatic N) is 1. The third-order valence-corrected chi connectivity index (χ3v) is 4.92. The zero-order valence-corrected chi connectivity index (χ0v) is 16.3. The van der Waals surface area contributed by atoms with Crippen molar-refractivity contribution in [2.24, 2.45) is 5.92 Å². The van der Waals surface area contributed by atoms with Crippen LogP contribution in [-0.4, -0.2) is 25.5 Å². The molecule has 0 aromatic heterocycles. The number of benzene rings is 2. The van der Waals surface area contributed by atoms with E-state index in [0.717, 1.165) is 6.07 Å². The highest BCUT2D eigenvalue weighted by Crippen LogP contribution is 2.37. The number of carbonyl (C=O) groups excluding carboxylic acids is 2. The number of methoxy groups -OCH3 is 1. The molecule has 1 atom stereocenters. The Hall–Kier alpha value is -2.55. The molecule has 1 saturated heterocycles. The van der Waals surface area contributed by atoms with Crippen LogP contribution in [0.3, 0.4) is 0 Å². The molecule has 0 radical (unpaired) electrons. The van der Waals surface area contributed by atoms with E-state index < -0.39 is 23.6 Å². The van der Waals surface area contributed by atoms with Gasteiger partial charge in [-0.1, -0.05) is 15.9 Å². The first kappa shape index (κ1) is 20.2. The molecule has 1 heterocycles. The lowest BCUT2D eigenvalue weighted by atomic mass is 10.1. The first-order chi connectivity index (χ1) is 13.2. The first-order valence-corrected chi connectivity index (χ1v) is 9.10. The van der Waals surface area contributed by atoms with Gasteiger partial charge in [0.1, 0.15) is 5.75 Å². The molecule has 1 aliphatic rings. The molecule has 0 saturated carbocycles. The molecule has 1 N–H and O–H groups in total. The largest absolute Gasteiger partial charge is 0.497 e. The van der Waals surface area contributed by atoms with Crippen molar-refractivity contribution in [1.29, 1.82) is 0 Å². The monoisotopic (exact) mass is 456 g/mol. The number of hydrogen-bond acceptors (Lipinski definition) is 3. The third kappa shape index (κ3) is 4.30. The number of ether oxygens (including phenoxy) is 1. The molecule has 0 unspecified atom stereocenters. The molecule has 5 nitrogen and oxygen atoms in total. The first-order valence-electron chi connectivity index (χ1n) is 8.31. The predicted octanol–water partition coefficient (Wildman–Crippen LogP) is 4.47. The average molecular weight is 457 g/mol. The zero-order valence-electron chi connectivity index (χ0n) is 14.7. The summed E-state index contributed by atoms with van der Waals surface area (Å²) < 4.78 is 45.0. The van der Waals surface area contributed by atoms with E-state index in [4.69, 9.17) is 4.74 Å². The molecule has 2 aromatic rings. The highest BCUT2D eigenvalue weighted by molar-refractivity contribution is 9.10. The molecule has 0 spiro atoms. The van der Waals surface area contributed by atoms with Crippen LogP contribution in [0.5, 0.6) is 5.75 Å². The molecule has 28 heavy (non-hydrogen) atoms. The molecule has 9 heteroatoms. The van der Waals surface area contributed by atoms with Crippen LogP contribution < -0.4 is 15.0 Å². The summed E-state index contributed by atoms with van der Waals surface area (Å²) in [7, 11) is 1.52. The van der Waals surface area contributed by atoms with Gasteiger partial charge in [0, 0.05) is 23.1 Å². The maximum absolute atomic E-state index is 13.2. The predicted molar refractivity (Wildman–Crippen MR) is 101 cm³/mol. The summed E-state index contributed by atoms with van der Waals surface area (Å²) >= 11 is 3.00. The Morgan fingerprint density at radius 2 is 1.89 bits per heavy atom. The van der Waals surface area contributed by atoms with Crippen LogP contribution in [0.1, 0.15) is 12.0 Å². The van der Waals surface area contributed by atoms with E-state index in [0.29, 0.717) is 11.4 Å². The van der Waals surface area contributed by atoms with Gasteiger partial charge in [0.25, 0.3) is 0 Å². The Morgan fingerprint density at radius 3 is 2.50 bits per heavy atom. The van der Waals surface area contributed by atoms with Crippen LogP contribution in [0.4, 0.5) is 24.5 Å². The summed E-state index contributed by atoms with van der Waals surface area (Å²) in [5.41, 5.74) is -0.691. The van der Waals surface area contributed by atoms with E-state index in [2.05, 4.69) is 21.2 Å². The van der Waals surface area contributed by atoms with E-state index in [-0.39, 0.29) is 29.0 Å². The van der Waals surface area contributed by atoms with Gasteiger partial charge >= 0.3 is 6.18 Å². The lowest BCUT2D eigenvalue weighted by Crippen LogP contribution is -2.28. The lowest BCUT2D eigenvalue weighted by molar-refractivity contribution is -0.137. The average Bonchev–Trinajstić information content (AvgIpc) is 3.04. The summed E-state index contributed by atoms with van der Waals surface area (Å²) in [5.74, 6) is -1.02. The van der Waals surface area contributed by atoms with Crippen LogP contribution in [0.15, 0.2) is 46.9 Å². The Kier molecular flexibility index (Phi) is 5.64. The van der Waals surface area contributed by atoms with E-state index in [1.165, 1.54) is 24.1 Å². The van der Waals surface area contributed by atoms with Gasteiger partial charge in [-0.2, -0.15) is 13.2 Å². The maximum atomic E-state index is 13.2. The molecule has 2 amide bonds. The van der Waals surface area contributed by atoms with Crippen molar-refractivity contribution in [1.82, 2.24) is 0 Å². The van der Waals surface area contributed by atoms with Crippen molar-refractivity contribution in [3.63, 3.8) is 0 Å². The van der Waals surface area contributed by atoms with Crippen molar-refractivity contribution < 1.29 is 27.5 Å². The van der Waals surface area contributed by atoms with Crippen molar-refractivity contribution in [2.45, 2.75) is 12.6 Å². The van der Waals surface area contributed by atoms with Crippen molar-refractivity contribution in [3.05, 3.63) is 52.5 Å². The number of carbonyl (C=O) groups is 2. The van der Waals surface area contributed by atoms with Crippen molar-refractivity contribution in [3.8, 4) is 5.75 Å². The van der Waals surface area contributed by atoms with E-state index in [1.807, 2.05) is 0 Å². The zero-order chi connectivity index (χ0) is 20.5. The number of hydrogen-bond donors (Lipinski definition) is 1. The number of halogens is 4. The molecule has 148 valence electrons. The summed E-state index contributed by atoms with van der Waals surface area (Å²) in [6.07, 6.45) is -4.69. The fraction of sp³-hybridized carbons (Fsp3) is 0.263. The second-order valence-electron chi connectivity index (χ2n) is 6.28. The molecule has 2 aromatic carbocycles. The van der Waals surface area contributed by atoms with Gasteiger partial charge in [-0.3, -0.25) is 9.59 Å². The van der Waals surface area contributed by atoms with Gasteiger partial charge in [0.05, 0.1) is 24.3 Å². The number of rotatable bonds is 4. The summed E-state index contributed by atoms with van der Waals surface area (Å²) in [5, 5.41) is 2.32. The molecular formula is C19H16BrF3N2O3. The normalized spacial score (nSPS) is 17.0. The second-order valence-corrected chi connectivity index (χ2v) is 7.20. The molecular weight excluding hydrogens is 441 g/mol. The van der Waals surface area contributed by atoms with Gasteiger partial charge in [0.15, 0.2) is 0 Å². The van der Waals surface area contributed by atoms with Crippen molar-refractivity contribution in [2.75, 3.05) is 23.9 Å². The number of nitrogens with one attached hydrogen (secondary N) is 1. The van der Waals surface area contributed by atoms with Gasteiger partial charge in [-0.25, -0.2) is 0 Å². The van der Waals surface area contributed by atoms with Gasteiger partial charge in [-0.05, 0) is 42.5 Å². The second kappa shape index (κ2) is 7.83. The van der Waals surface area contributed by atoms with Gasteiger partial charge in [-0.15, -0.1) is 0 Å². The van der Waals surface area contributed by atoms with Crippen LogP contribution in [0.2, 0.25) is 0 Å². The molecule has 1 aliphatic heterocycles. The SMILES string of the molecule is COc1ccc(N2C[C@@H](C(=O)Nc3ccc(Br)cc3C(F)(F)F)CC2=O)cc1. The smallest absolute Gasteiger partial charge is 0.418 e. The highest BCUT2D eigenvalue weighted by Gasteiger charge is 2.38. The van der Waals surface area contributed by atoms with Crippen LogP contribution >= 0.6 is 15.9 Å². The van der Waals surface area contributed by atoms with Crippen LogP contribution in [0.25, 0.3) is 0 Å². The molecule has 0 aliphatic carbocycles. The minimum atomic E-state index is -4.62. The molecule has 3 rings (SSSR count). The van der Waals surface area contributed by atoms with Crippen LogP contribution in [-0.2, 0) is 15.8 Å². The van der Waals surface area contributed by atoms with E-state index in [1.54, 1.807) is 24.3 Å². The van der Waals surface area contributed by atoms with E-state index in [9.17, 15) is 22.8 Å². The van der Waals surface area contributed by atoms with E-state index >= 15 is 0 Å². The van der Waals surface area contributed by atoms with Gasteiger partial charge < -0.3 is 15.0 Å². The Balaban J connectivity index is 1.75. The van der Waals surface area contributed by atoms with Crippen molar-refractivity contribution >= 4 is 39.1 Å². The fourth-order valence-electron chi connectivity index (χ4n) is 2.99. The molecule has 1 fully saturated rings. The Morgan fingerprint density at radius 1 is 1.21 bits per heavy atom. The third-order valence-electron chi connectivity index (χ3n) is 4.42. The maximum Gasteiger partial charge on any atom is 0.418 e. The molecule has 0 bridgehead atoms. The minimum Gasteiger partial charge on any atom is -0.497 e. The lowest BCUT2D eigenvalue weighted by Gasteiger charge is -2.18. The summed E-state index contributed by atoms with van der Waals surface area (Å²) in [6.45, 7) is 0.0921. The quantitative estimate of drug-likeness (QED) is 0.738. The number of alkyl halides is 3. The fourth-order valence-corrected chi connectivity index (χ4v) is 3.35. The summed E-state index contributed by atoms with van der Waals surface area (Å²) in [6, 6.07) is 10.2. The van der Waals surface area contributed by atoms with Gasteiger partial charge in [0.2, 0.25) is 11.8 Å². The summed E-state index contributed by atoms with van der Waals surface area (Å²) in [4.78, 5) is 26.2.